The van der Waals surface area contributed by atoms with Crippen molar-refractivity contribution in [1.82, 2.24) is 9.80 Å². The largest absolute Gasteiger partial charge is 0.481 e. The van der Waals surface area contributed by atoms with E-state index in [4.69, 9.17) is 9.52 Å². The third kappa shape index (κ3) is 3.74. The summed E-state index contributed by atoms with van der Waals surface area (Å²) in [6.45, 7) is 0.656. The number of carbonyl (C=O) groups is 2. The van der Waals surface area contributed by atoms with Gasteiger partial charge in [-0.3, -0.25) is 4.79 Å². The number of nitrogens with zero attached hydrogens (tertiary/aromatic N) is 2. The topological polar surface area (TPSA) is 74.0 Å². The predicted octanol–water partition coefficient (Wildman–Crippen LogP) is 1.77. The second-order valence-corrected chi connectivity index (χ2v) is 4.79. The van der Waals surface area contributed by atoms with Gasteiger partial charge in [-0.2, -0.15) is 0 Å². The molecule has 0 unspecified atom stereocenters. The molecule has 0 atom stereocenters. The summed E-state index contributed by atoms with van der Waals surface area (Å²) in [5.41, 5.74) is 0. The van der Waals surface area contributed by atoms with Gasteiger partial charge in [0, 0.05) is 19.6 Å². The summed E-state index contributed by atoms with van der Waals surface area (Å²) >= 11 is 0. The first-order valence-corrected chi connectivity index (χ1v) is 6.34. The molecule has 1 aliphatic rings. The molecule has 2 rings (SSSR count). The second-order valence-electron chi connectivity index (χ2n) is 4.79. The molecule has 2 amide bonds. The van der Waals surface area contributed by atoms with E-state index in [-0.39, 0.29) is 25.0 Å². The average molecular weight is 266 g/mol. The Bertz CT molecular complexity index is 440. The number of furan rings is 1. The predicted molar refractivity (Wildman–Crippen MR) is 67.6 cm³/mol. The van der Waals surface area contributed by atoms with E-state index < -0.39 is 5.97 Å². The van der Waals surface area contributed by atoms with Crippen LogP contribution in [0.5, 0.6) is 0 Å². The molecular weight excluding hydrogens is 248 g/mol. The quantitative estimate of drug-likeness (QED) is 0.851. The van der Waals surface area contributed by atoms with Gasteiger partial charge in [-0.15, -0.1) is 0 Å². The Morgan fingerprint density at radius 3 is 2.74 bits per heavy atom. The Morgan fingerprint density at radius 2 is 2.21 bits per heavy atom. The number of hydrogen-bond acceptors (Lipinski definition) is 3. The normalized spacial score (nSPS) is 14.2. The van der Waals surface area contributed by atoms with Gasteiger partial charge in [-0.1, -0.05) is 0 Å². The lowest BCUT2D eigenvalue weighted by molar-refractivity contribution is -0.137. The van der Waals surface area contributed by atoms with Crippen LogP contribution in [0, 0.1) is 0 Å². The molecule has 0 bridgehead atoms. The fraction of sp³-hybridized carbons (Fsp3) is 0.538. The lowest BCUT2D eigenvalue weighted by Crippen LogP contribution is -2.42. The summed E-state index contributed by atoms with van der Waals surface area (Å²) in [6, 6.07) is 3.74. The molecule has 6 nitrogen and oxygen atoms in total. The average Bonchev–Trinajstić information content (AvgIpc) is 3.09. The summed E-state index contributed by atoms with van der Waals surface area (Å²) in [5.74, 6) is -0.157. The summed E-state index contributed by atoms with van der Waals surface area (Å²) in [4.78, 5) is 26.0. The molecule has 1 fully saturated rings. The summed E-state index contributed by atoms with van der Waals surface area (Å²) in [7, 11) is 1.63. The van der Waals surface area contributed by atoms with E-state index in [0.717, 1.165) is 18.6 Å². The van der Waals surface area contributed by atoms with Crippen LogP contribution < -0.4 is 0 Å². The van der Waals surface area contributed by atoms with Crippen LogP contribution in [-0.4, -0.2) is 46.5 Å². The van der Waals surface area contributed by atoms with Crippen molar-refractivity contribution in [3.8, 4) is 0 Å². The molecule has 6 heteroatoms. The minimum atomic E-state index is -0.899. The zero-order chi connectivity index (χ0) is 13.8. The Morgan fingerprint density at radius 1 is 1.47 bits per heavy atom. The van der Waals surface area contributed by atoms with E-state index >= 15 is 0 Å². The third-order valence-corrected chi connectivity index (χ3v) is 3.13. The fourth-order valence-corrected chi connectivity index (χ4v) is 1.89. The number of carboxylic acid groups (broad SMARTS) is 1. The highest BCUT2D eigenvalue weighted by Gasteiger charge is 2.34. The smallest absolute Gasteiger partial charge is 0.320 e. The summed E-state index contributed by atoms with van der Waals surface area (Å²) in [6.07, 6.45) is 3.54. The molecule has 1 N–H and O–H groups in total. The van der Waals surface area contributed by atoms with Crippen molar-refractivity contribution in [1.29, 1.82) is 0 Å². The van der Waals surface area contributed by atoms with Crippen LogP contribution in [-0.2, 0) is 11.3 Å². The van der Waals surface area contributed by atoms with Gasteiger partial charge in [0.05, 0.1) is 19.2 Å². The number of urea groups is 1. The summed E-state index contributed by atoms with van der Waals surface area (Å²) < 4.78 is 5.26. The lowest BCUT2D eigenvalue weighted by Gasteiger charge is -2.27. The van der Waals surface area contributed by atoms with Gasteiger partial charge in [-0.05, 0) is 25.0 Å². The van der Waals surface area contributed by atoms with Crippen molar-refractivity contribution in [3.05, 3.63) is 24.2 Å². The van der Waals surface area contributed by atoms with Gasteiger partial charge in [0.1, 0.15) is 5.76 Å². The van der Waals surface area contributed by atoms with E-state index in [1.54, 1.807) is 24.3 Å². The molecule has 0 spiro atoms. The maximum absolute atomic E-state index is 12.3. The number of amides is 2. The van der Waals surface area contributed by atoms with Gasteiger partial charge in [-0.25, -0.2) is 4.79 Å². The first-order chi connectivity index (χ1) is 9.08. The molecule has 1 saturated carbocycles. The number of hydrogen-bond donors (Lipinski definition) is 1. The van der Waals surface area contributed by atoms with E-state index in [1.165, 1.54) is 4.90 Å². The Labute approximate surface area is 111 Å². The van der Waals surface area contributed by atoms with Crippen LogP contribution in [0.2, 0.25) is 0 Å². The molecule has 1 aromatic rings. The van der Waals surface area contributed by atoms with Crippen LogP contribution in [0.3, 0.4) is 0 Å². The number of carboxylic acids is 1. The van der Waals surface area contributed by atoms with Gasteiger partial charge in [0.25, 0.3) is 0 Å². The molecule has 1 aromatic heterocycles. The molecule has 0 saturated heterocycles. The van der Waals surface area contributed by atoms with Gasteiger partial charge < -0.3 is 19.3 Å². The lowest BCUT2D eigenvalue weighted by atomic mass is 10.3. The van der Waals surface area contributed by atoms with E-state index in [1.807, 2.05) is 6.07 Å². The standard InChI is InChI=1S/C13H18N2O4/c1-14(7-6-12(16)17)13(18)15(10-4-5-10)9-11-3-2-8-19-11/h2-3,8,10H,4-7,9H2,1H3,(H,16,17). The zero-order valence-corrected chi connectivity index (χ0v) is 10.9. The van der Waals surface area contributed by atoms with Crippen molar-refractivity contribution in [3.63, 3.8) is 0 Å². The maximum atomic E-state index is 12.3. The molecular formula is C13H18N2O4. The summed E-state index contributed by atoms with van der Waals surface area (Å²) in [5, 5.41) is 8.65. The van der Waals surface area contributed by atoms with E-state index in [0.29, 0.717) is 6.54 Å². The number of aliphatic carboxylic acids is 1. The first kappa shape index (κ1) is 13.5. The monoisotopic (exact) mass is 266 g/mol. The maximum Gasteiger partial charge on any atom is 0.320 e. The highest BCUT2D eigenvalue weighted by molar-refractivity contribution is 5.75. The molecule has 1 heterocycles. The minimum absolute atomic E-state index is 0.0402. The number of rotatable bonds is 6. The second kappa shape index (κ2) is 5.77. The van der Waals surface area contributed by atoms with Crippen LogP contribution >= 0.6 is 0 Å². The van der Waals surface area contributed by atoms with Gasteiger partial charge >= 0.3 is 12.0 Å². The van der Waals surface area contributed by atoms with Crippen LogP contribution in [0.15, 0.2) is 22.8 Å². The van der Waals surface area contributed by atoms with Gasteiger partial charge in [0.15, 0.2) is 0 Å². The SMILES string of the molecule is CN(CCC(=O)O)C(=O)N(Cc1ccco1)C1CC1. The highest BCUT2D eigenvalue weighted by atomic mass is 16.4. The van der Waals surface area contributed by atoms with Crippen molar-refractivity contribution in [2.75, 3.05) is 13.6 Å². The van der Waals surface area contributed by atoms with Crippen molar-refractivity contribution in [2.24, 2.45) is 0 Å². The van der Waals surface area contributed by atoms with Crippen molar-refractivity contribution < 1.29 is 19.1 Å². The van der Waals surface area contributed by atoms with Crippen LogP contribution in [0.1, 0.15) is 25.0 Å². The zero-order valence-electron chi connectivity index (χ0n) is 10.9. The van der Waals surface area contributed by atoms with Crippen LogP contribution in [0.25, 0.3) is 0 Å². The van der Waals surface area contributed by atoms with Crippen molar-refractivity contribution >= 4 is 12.0 Å². The Balaban J connectivity index is 1.94. The molecule has 1 aliphatic carbocycles. The Kier molecular flexibility index (Phi) is 4.09. The Hall–Kier alpha value is -1.98. The van der Waals surface area contributed by atoms with Crippen LogP contribution in [0.4, 0.5) is 4.79 Å². The van der Waals surface area contributed by atoms with Gasteiger partial charge in [0.2, 0.25) is 0 Å². The minimum Gasteiger partial charge on any atom is -0.481 e. The first-order valence-electron chi connectivity index (χ1n) is 6.34. The van der Waals surface area contributed by atoms with E-state index in [2.05, 4.69) is 0 Å². The molecule has 0 radical (unpaired) electrons. The van der Waals surface area contributed by atoms with Crippen molar-refractivity contribution in [2.45, 2.75) is 31.8 Å². The molecule has 104 valence electrons. The van der Waals surface area contributed by atoms with E-state index in [9.17, 15) is 9.59 Å². The fourth-order valence-electron chi connectivity index (χ4n) is 1.89. The highest BCUT2D eigenvalue weighted by Crippen LogP contribution is 2.29. The number of carbonyl (C=O) groups excluding carboxylic acids is 1. The molecule has 0 aromatic carbocycles. The third-order valence-electron chi connectivity index (χ3n) is 3.13. The molecule has 19 heavy (non-hydrogen) atoms. The molecule has 0 aliphatic heterocycles.